The number of aromatic nitrogens is 1. The van der Waals surface area contributed by atoms with Crippen molar-refractivity contribution >= 4 is 11.7 Å². The molecule has 0 radical (unpaired) electrons. The first kappa shape index (κ1) is 11.9. The number of hydrogen-bond acceptors (Lipinski definition) is 3. The van der Waals surface area contributed by atoms with Gasteiger partial charge in [0.15, 0.2) is 0 Å². The lowest BCUT2D eigenvalue weighted by Gasteiger charge is -2.26. The van der Waals surface area contributed by atoms with Crippen LogP contribution in [0, 0.1) is 5.92 Å². The van der Waals surface area contributed by atoms with Crippen LogP contribution in [0.2, 0.25) is 0 Å². The SMILES string of the molecule is CNc1ncccc1C(=O)NC(C)(C)C1CC1. The molecule has 1 amide bonds. The van der Waals surface area contributed by atoms with Crippen LogP contribution in [0.1, 0.15) is 37.0 Å². The topological polar surface area (TPSA) is 54.0 Å². The van der Waals surface area contributed by atoms with Crippen molar-refractivity contribution in [1.29, 1.82) is 0 Å². The number of hydrogen-bond donors (Lipinski definition) is 2. The van der Waals surface area contributed by atoms with Crippen LogP contribution >= 0.6 is 0 Å². The highest BCUT2D eigenvalue weighted by atomic mass is 16.1. The van der Waals surface area contributed by atoms with Gasteiger partial charge in [0.2, 0.25) is 0 Å². The normalized spacial score (nSPS) is 15.5. The Hall–Kier alpha value is -1.58. The molecule has 1 aromatic heterocycles. The molecule has 1 aliphatic rings. The van der Waals surface area contributed by atoms with Crippen LogP contribution in [0.3, 0.4) is 0 Å². The fourth-order valence-corrected chi connectivity index (χ4v) is 2.05. The summed E-state index contributed by atoms with van der Waals surface area (Å²) in [5.74, 6) is 1.18. The minimum Gasteiger partial charge on any atom is -0.372 e. The van der Waals surface area contributed by atoms with E-state index in [1.54, 1.807) is 25.4 Å². The van der Waals surface area contributed by atoms with Crippen molar-refractivity contribution in [2.45, 2.75) is 32.2 Å². The Morgan fingerprint density at radius 3 is 2.76 bits per heavy atom. The van der Waals surface area contributed by atoms with E-state index in [0.29, 0.717) is 17.3 Å². The number of amides is 1. The summed E-state index contributed by atoms with van der Waals surface area (Å²) >= 11 is 0. The third-order valence-electron chi connectivity index (χ3n) is 3.32. The molecule has 0 bridgehead atoms. The molecule has 0 aromatic carbocycles. The maximum atomic E-state index is 12.2. The third kappa shape index (κ3) is 2.57. The summed E-state index contributed by atoms with van der Waals surface area (Å²) in [5, 5.41) is 6.03. The number of carbonyl (C=O) groups is 1. The van der Waals surface area contributed by atoms with Gasteiger partial charge in [-0.1, -0.05) is 0 Å². The Kier molecular flexibility index (Phi) is 3.05. The van der Waals surface area contributed by atoms with Crippen LogP contribution in [0.15, 0.2) is 18.3 Å². The first-order valence-electron chi connectivity index (χ1n) is 6.00. The smallest absolute Gasteiger partial charge is 0.255 e. The van der Waals surface area contributed by atoms with Crippen molar-refractivity contribution in [3.05, 3.63) is 23.9 Å². The lowest BCUT2D eigenvalue weighted by Crippen LogP contribution is -2.45. The first-order chi connectivity index (χ1) is 8.04. The molecule has 1 aliphatic carbocycles. The maximum absolute atomic E-state index is 12.2. The molecule has 17 heavy (non-hydrogen) atoms. The van der Waals surface area contributed by atoms with Crippen LogP contribution in [0.5, 0.6) is 0 Å². The fraction of sp³-hybridized carbons (Fsp3) is 0.538. The van der Waals surface area contributed by atoms with Crippen molar-refractivity contribution in [3.8, 4) is 0 Å². The minimum atomic E-state index is -0.127. The van der Waals surface area contributed by atoms with E-state index in [9.17, 15) is 4.79 Å². The molecule has 2 N–H and O–H groups in total. The zero-order valence-corrected chi connectivity index (χ0v) is 10.6. The zero-order chi connectivity index (χ0) is 12.5. The summed E-state index contributed by atoms with van der Waals surface area (Å²) in [6, 6.07) is 3.57. The van der Waals surface area contributed by atoms with Crippen LogP contribution in [0.25, 0.3) is 0 Å². The van der Waals surface area contributed by atoms with E-state index in [2.05, 4.69) is 29.5 Å². The summed E-state index contributed by atoms with van der Waals surface area (Å²) < 4.78 is 0. The Bertz CT molecular complexity index is 424. The van der Waals surface area contributed by atoms with Gasteiger partial charge in [-0.05, 0) is 44.7 Å². The second-order valence-electron chi connectivity index (χ2n) is 5.10. The largest absolute Gasteiger partial charge is 0.372 e. The van der Waals surface area contributed by atoms with Gasteiger partial charge in [-0.3, -0.25) is 4.79 Å². The second-order valence-corrected chi connectivity index (χ2v) is 5.10. The van der Waals surface area contributed by atoms with Crippen molar-refractivity contribution in [3.63, 3.8) is 0 Å². The molecule has 0 aliphatic heterocycles. The molecular weight excluding hydrogens is 214 g/mol. The summed E-state index contributed by atoms with van der Waals surface area (Å²) in [6.07, 6.45) is 4.09. The standard InChI is InChI=1S/C13H19N3O/c1-13(2,9-6-7-9)16-12(17)10-5-4-8-15-11(10)14-3/h4-5,8-9H,6-7H2,1-3H3,(H,14,15)(H,16,17). The average Bonchev–Trinajstić information content (AvgIpc) is 3.12. The highest BCUT2D eigenvalue weighted by Crippen LogP contribution is 2.39. The highest BCUT2D eigenvalue weighted by Gasteiger charge is 2.39. The average molecular weight is 233 g/mol. The Morgan fingerprint density at radius 2 is 2.18 bits per heavy atom. The predicted molar refractivity (Wildman–Crippen MR) is 68.1 cm³/mol. The van der Waals surface area contributed by atoms with E-state index in [1.807, 2.05) is 0 Å². The minimum absolute atomic E-state index is 0.0562. The van der Waals surface area contributed by atoms with Gasteiger partial charge in [0, 0.05) is 18.8 Å². The maximum Gasteiger partial charge on any atom is 0.255 e. The molecule has 4 nitrogen and oxygen atoms in total. The Morgan fingerprint density at radius 1 is 1.47 bits per heavy atom. The molecule has 1 aromatic rings. The second kappa shape index (κ2) is 4.35. The van der Waals surface area contributed by atoms with Crippen LogP contribution in [-0.2, 0) is 0 Å². The Balaban J connectivity index is 2.14. The first-order valence-corrected chi connectivity index (χ1v) is 6.00. The van der Waals surface area contributed by atoms with Crippen LogP contribution in [0.4, 0.5) is 5.82 Å². The number of nitrogens with zero attached hydrogens (tertiary/aromatic N) is 1. The van der Waals surface area contributed by atoms with Gasteiger partial charge in [0.1, 0.15) is 5.82 Å². The van der Waals surface area contributed by atoms with Crippen LogP contribution < -0.4 is 10.6 Å². The quantitative estimate of drug-likeness (QED) is 0.836. The molecule has 0 spiro atoms. The van der Waals surface area contributed by atoms with E-state index >= 15 is 0 Å². The monoisotopic (exact) mass is 233 g/mol. The third-order valence-corrected chi connectivity index (χ3v) is 3.32. The fourth-order valence-electron chi connectivity index (χ4n) is 2.05. The number of nitrogens with one attached hydrogen (secondary N) is 2. The summed E-state index contributed by atoms with van der Waals surface area (Å²) in [4.78, 5) is 16.3. The van der Waals surface area contributed by atoms with Crippen molar-refractivity contribution in [1.82, 2.24) is 10.3 Å². The molecule has 1 fully saturated rings. The van der Waals surface area contributed by atoms with Gasteiger partial charge in [-0.25, -0.2) is 4.98 Å². The highest BCUT2D eigenvalue weighted by molar-refractivity contribution is 5.99. The summed E-state index contributed by atoms with van der Waals surface area (Å²) in [7, 11) is 1.77. The van der Waals surface area contributed by atoms with Crippen LogP contribution in [-0.4, -0.2) is 23.5 Å². The van der Waals surface area contributed by atoms with E-state index in [-0.39, 0.29) is 11.4 Å². The van der Waals surface area contributed by atoms with Gasteiger partial charge >= 0.3 is 0 Å². The molecular formula is C13H19N3O. The van der Waals surface area contributed by atoms with E-state index in [0.717, 1.165) is 0 Å². The number of anilines is 1. The number of rotatable bonds is 4. The van der Waals surface area contributed by atoms with Gasteiger partial charge < -0.3 is 10.6 Å². The molecule has 92 valence electrons. The van der Waals surface area contributed by atoms with Crippen molar-refractivity contribution in [2.24, 2.45) is 5.92 Å². The molecule has 1 heterocycles. The van der Waals surface area contributed by atoms with Gasteiger partial charge in [-0.15, -0.1) is 0 Å². The molecule has 1 saturated carbocycles. The summed E-state index contributed by atoms with van der Waals surface area (Å²) in [6.45, 7) is 4.16. The summed E-state index contributed by atoms with van der Waals surface area (Å²) in [5.41, 5.74) is 0.474. The van der Waals surface area contributed by atoms with Gasteiger partial charge in [0.05, 0.1) is 5.56 Å². The lowest BCUT2D eigenvalue weighted by molar-refractivity contribution is 0.0904. The number of carbonyl (C=O) groups excluding carboxylic acids is 1. The van der Waals surface area contributed by atoms with Crippen molar-refractivity contribution in [2.75, 3.05) is 12.4 Å². The van der Waals surface area contributed by atoms with E-state index in [1.165, 1.54) is 12.8 Å². The molecule has 0 atom stereocenters. The number of pyridine rings is 1. The van der Waals surface area contributed by atoms with Gasteiger partial charge in [0.25, 0.3) is 5.91 Å². The Labute approximate surface area is 102 Å². The van der Waals surface area contributed by atoms with Gasteiger partial charge in [-0.2, -0.15) is 0 Å². The zero-order valence-electron chi connectivity index (χ0n) is 10.6. The predicted octanol–water partition coefficient (Wildman–Crippen LogP) is 2.04. The van der Waals surface area contributed by atoms with E-state index in [4.69, 9.17) is 0 Å². The molecule has 0 saturated heterocycles. The molecule has 2 rings (SSSR count). The molecule has 0 unspecified atom stereocenters. The van der Waals surface area contributed by atoms with Crippen molar-refractivity contribution < 1.29 is 4.79 Å². The molecule has 4 heteroatoms. The lowest BCUT2D eigenvalue weighted by atomic mass is 9.98. The van der Waals surface area contributed by atoms with E-state index < -0.39 is 0 Å².